The molecule has 0 unspecified atom stereocenters. The number of nitrogens with zero attached hydrogens (tertiary/aromatic N) is 1. The largest absolute Gasteiger partial charge is 0.481 e. The van der Waals surface area contributed by atoms with E-state index in [1.54, 1.807) is 13.8 Å². The molecule has 1 N–H and O–H groups in total. The Morgan fingerprint density at radius 2 is 2.00 bits per heavy atom. The van der Waals surface area contributed by atoms with Crippen molar-refractivity contribution in [2.24, 2.45) is 0 Å². The van der Waals surface area contributed by atoms with Crippen molar-refractivity contribution < 1.29 is 23.1 Å². The number of aromatic nitrogens is 1. The maximum atomic E-state index is 13.1. The second kappa shape index (κ2) is 4.85. The summed E-state index contributed by atoms with van der Waals surface area (Å²) in [6, 6.07) is 3.66. The van der Waals surface area contributed by atoms with Gasteiger partial charge in [0.1, 0.15) is 0 Å². The molecule has 2 aromatic rings. The average Bonchev–Trinajstić information content (AvgIpc) is 2.66. The van der Waals surface area contributed by atoms with Crippen LogP contribution in [-0.2, 0) is 17.4 Å². The number of carbonyl (C=O) groups is 1. The van der Waals surface area contributed by atoms with Gasteiger partial charge in [-0.2, -0.15) is 13.2 Å². The highest BCUT2D eigenvalue weighted by molar-refractivity contribution is 5.90. The third-order valence-electron chi connectivity index (χ3n) is 3.14. The molecule has 0 amide bonds. The van der Waals surface area contributed by atoms with E-state index in [1.165, 1.54) is 22.9 Å². The fourth-order valence-corrected chi connectivity index (χ4v) is 2.32. The van der Waals surface area contributed by atoms with E-state index in [0.717, 1.165) is 6.07 Å². The van der Waals surface area contributed by atoms with Gasteiger partial charge in [0.25, 0.3) is 0 Å². The van der Waals surface area contributed by atoms with Crippen LogP contribution in [0.1, 0.15) is 31.0 Å². The molecule has 1 aromatic heterocycles. The molecule has 0 aliphatic heterocycles. The summed E-state index contributed by atoms with van der Waals surface area (Å²) in [5.41, 5.74) is -0.293. The van der Waals surface area contributed by atoms with Crippen molar-refractivity contribution in [2.75, 3.05) is 0 Å². The van der Waals surface area contributed by atoms with Crippen molar-refractivity contribution in [1.29, 1.82) is 0 Å². The van der Waals surface area contributed by atoms with Crippen LogP contribution in [0.5, 0.6) is 0 Å². The van der Waals surface area contributed by atoms with Gasteiger partial charge in [0, 0.05) is 17.6 Å². The minimum atomic E-state index is -4.47. The Kier molecular flexibility index (Phi) is 3.50. The molecule has 0 aliphatic rings. The molecule has 108 valence electrons. The summed E-state index contributed by atoms with van der Waals surface area (Å²) in [5.74, 6) is -1.06. The van der Waals surface area contributed by atoms with E-state index in [4.69, 9.17) is 5.11 Å². The summed E-state index contributed by atoms with van der Waals surface area (Å²) in [5, 5.41) is 9.22. The van der Waals surface area contributed by atoms with Crippen LogP contribution in [0, 0.1) is 0 Å². The Balaban J connectivity index is 2.79. The quantitative estimate of drug-likeness (QED) is 0.930. The fraction of sp³-hybridized carbons (Fsp3) is 0.357. The normalized spacial score (nSPS) is 12.3. The van der Waals surface area contributed by atoms with Gasteiger partial charge < -0.3 is 9.67 Å². The summed E-state index contributed by atoms with van der Waals surface area (Å²) >= 11 is 0. The zero-order valence-electron chi connectivity index (χ0n) is 11.0. The van der Waals surface area contributed by atoms with E-state index in [9.17, 15) is 18.0 Å². The van der Waals surface area contributed by atoms with Gasteiger partial charge in [-0.3, -0.25) is 4.79 Å². The number of carboxylic acid groups (broad SMARTS) is 1. The Morgan fingerprint density at radius 3 is 2.50 bits per heavy atom. The third-order valence-corrected chi connectivity index (χ3v) is 3.14. The molecule has 0 atom stereocenters. The van der Waals surface area contributed by atoms with E-state index in [0.29, 0.717) is 10.9 Å². The van der Waals surface area contributed by atoms with Crippen molar-refractivity contribution in [3.63, 3.8) is 0 Å². The van der Waals surface area contributed by atoms with Crippen LogP contribution in [0.4, 0.5) is 13.2 Å². The topological polar surface area (TPSA) is 42.2 Å². The first kappa shape index (κ1) is 14.4. The molecule has 0 bridgehead atoms. The first-order valence-corrected chi connectivity index (χ1v) is 6.13. The Hall–Kier alpha value is -1.98. The number of aliphatic carboxylic acids is 1. The first-order chi connectivity index (χ1) is 9.21. The summed E-state index contributed by atoms with van der Waals surface area (Å²) < 4.78 is 40.8. The predicted molar refractivity (Wildman–Crippen MR) is 68.7 cm³/mol. The van der Waals surface area contributed by atoms with E-state index >= 15 is 0 Å². The number of hydrogen-bond acceptors (Lipinski definition) is 1. The number of fused-ring (bicyclic) bond motifs is 1. The molecule has 2 rings (SSSR count). The smallest absolute Gasteiger partial charge is 0.418 e. The molecule has 20 heavy (non-hydrogen) atoms. The van der Waals surface area contributed by atoms with Crippen LogP contribution in [0.15, 0.2) is 24.4 Å². The summed E-state index contributed by atoms with van der Waals surface area (Å²) in [7, 11) is 0. The lowest BCUT2D eigenvalue weighted by Crippen LogP contribution is -2.09. The van der Waals surface area contributed by atoms with Crippen molar-refractivity contribution in [2.45, 2.75) is 32.5 Å². The molecule has 0 radical (unpaired) electrons. The zero-order valence-corrected chi connectivity index (χ0v) is 11.0. The highest BCUT2D eigenvalue weighted by Crippen LogP contribution is 2.37. The SMILES string of the molecule is CC(C)n1cc(CC(=O)O)c2cccc(C(F)(F)F)c21. The number of alkyl halides is 3. The molecule has 1 heterocycles. The highest BCUT2D eigenvalue weighted by Gasteiger charge is 2.34. The lowest BCUT2D eigenvalue weighted by molar-refractivity contribution is -0.137. The number of rotatable bonds is 3. The number of benzene rings is 1. The van der Waals surface area contributed by atoms with E-state index in [-0.39, 0.29) is 18.0 Å². The molecule has 0 saturated carbocycles. The van der Waals surface area contributed by atoms with Gasteiger partial charge in [0.15, 0.2) is 0 Å². The summed E-state index contributed by atoms with van der Waals surface area (Å²) in [4.78, 5) is 10.8. The number of para-hydroxylation sites is 1. The minimum absolute atomic E-state index is 0.0475. The van der Waals surface area contributed by atoms with Gasteiger partial charge >= 0.3 is 12.1 Å². The molecular weight excluding hydrogens is 271 g/mol. The third kappa shape index (κ3) is 2.50. The van der Waals surface area contributed by atoms with Crippen molar-refractivity contribution >= 4 is 16.9 Å². The molecular formula is C14H14F3NO2. The number of hydrogen-bond donors (Lipinski definition) is 1. The van der Waals surface area contributed by atoms with Crippen LogP contribution in [0.3, 0.4) is 0 Å². The lowest BCUT2D eigenvalue weighted by atomic mass is 10.1. The van der Waals surface area contributed by atoms with Crippen LogP contribution in [0.2, 0.25) is 0 Å². The zero-order chi connectivity index (χ0) is 15.1. The van der Waals surface area contributed by atoms with E-state index in [1.807, 2.05) is 0 Å². The molecule has 0 saturated heterocycles. The van der Waals surface area contributed by atoms with Gasteiger partial charge in [-0.05, 0) is 25.5 Å². The molecule has 6 heteroatoms. The van der Waals surface area contributed by atoms with Crippen LogP contribution < -0.4 is 0 Å². The maximum absolute atomic E-state index is 13.1. The Morgan fingerprint density at radius 1 is 1.35 bits per heavy atom. The average molecular weight is 285 g/mol. The van der Waals surface area contributed by atoms with Crippen molar-refractivity contribution in [3.05, 3.63) is 35.5 Å². The standard InChI is InChI=1S/C14H14F3NO2/c1-8(2)18-7-9(6-12(19)20)10-4-3-5-11(13(10)18)14(15,16)17/h3-5,7-8H,6H2,1-2H3,(H,19,20). The number of halogens is 3. The monoisotopic (exact) mass is 285 g/mol. The summed E-state index contributed by atoms with van der Waals surface area (Å²) in [6.45, 7) is 3.52. The van der Waals surface area contributed by atoms with E-state index in [2.05, 4.69) is 0 Å². The Bertz CT molecular complexity index is 656. The van der Waals surface area contributed by atoms with Crippen molar-refractivity contribution in [3.8, 4) is 0 Å². The second-order valence-electron chi connectivity index (χ2n) is 4.93. The fourth-order valence-electron chi connectivity index (χ4n) is 2.32. The molecule has 1 aromatic carbocycles. The van der Waals surface area contributed by atoms with Crippen molar-refractivity contribution in [1.82, 2.24) is 4.57 Å². The minimum Gasteiger partial charge on any atom is -0.481 e. The molecule has 0 fully saturated rings. The molecule has 3 nitrogen and oxygen atoms in total. The highest BCUT2D eigenvalue weighted by atomic mass is 19.4. The van der Waals surface area contributed by atoms with Gasteiger partial charge in [-0.1, -0.05) is 12.1 Å². The van der Waals surface area contributed by atoms with Gasteiger partial charge in [0.2, 0.25) is 0 Å². The van der Waals surface area contributed by atoms with Gasteiger partial charge in [-0.25, -0.2) is 0 Å². The van der Waals surface area contributed by atoms with Gasteiger partial charge in [0.05, 0.1) is 17.5 Å². The van der Waals surface area contributed by atoms with Crippen LogP contribution in [-0.4, -0.2) is 15.6 Å². The summed E-state index contributed by atoms with van der Waals surface area (Å²) in [6.07, 6.45) is -3.26. The number of carboxylic acids is 1. The Labute approximate surface area is 113 Å². The van der Waals surface area contributed by atoms with Gasteiger partial charge in [-0.15, -0.1) is 0 Å². The van der Waals surface area contributed by atoms with Crippen LogP contribution >= 0.6 is 0 Å². The molecule has 0 aliphatic carbocycles. The second-order valence-corrected chi connectivity index (χ2v) is 4.93. The maximum Gasteiger partial charge on any atom is 0.418 e. The van der Waals surface area contributed by atoms with E-state index < -0.39 is 17.7 Å². The van der Waals surface area contributed by atoms with Crippen LogP contribution in [0.25, 0.3) is 10.9 Å². The lowest BCUT2D eigenvalue weighted by Gasteiger charge is -2.14. The molecule has 0 spiro atoms. The predicted octanol–water partition coefficient (Wildman–Crippen LogP) is 3.87. The first-order valence-electron chi connectivity index (χ1n) is 6.13.